The molecule has 0 aromatic carbocycles. The van der Waals surface area contributed by atoms with Gasteiger partial charge in [0, 0.05) is 30.8 Å². The van der Waals surface area contributed by atoms with Crippen LogP contribution in [0.25, 0.3) is 0 Å². The number of unbranched alkanes of at least 4 members (excludes halogenated alkanes) is 8. The van der Waals surface area contributed by atoms with E-state index in [0.29, 0.717) is 5.25 Å². The molecule has 0 bridgehead atoms. The molecule has 1 heterocycles. The molecule has 3 nitrogen and oxygen atoms in total. The Bertz CT molecular complexity index is 357. The topological polar surface area (TPSA) is 27.1 Å². The first-order valence-corrected chi connectivity index (χ1v) is 11.1. The molecular weight excluding hydrogens is 316 g/mol. The standard InChI is InChI=1S/C20H38N2OS/c1-3-5-7-9-10-11-15-23-18-20(17-22-14-13-21-19-22)24-16-12-8-6-4-2/h13-14,19-20H,3-12,15-18H2,1-2H3. The summed E-state index contributed by atoms with van der Waals surface area (Å²) in [7, 11) is 0. The van der Waals surface area contributed by atoms with Crippen molar-refractivity contribution in [2.45, 2.75) is 89.9 Å². The van der Waals surface area contributed by atoms with Gasteiger partial charge in [0.25, 0.3) is 0 Å². The van der Waals surface area contributed by atoms with Gasteiger partial charge >= 0.3 is 0 Å². The number of imidazole rings is 1. The highest BCUT2D eigenvalue weighted by molar-refractivity contribution is 7.99. The van der Waals surface area contributed by atoms with Crippen LogP contribution in [0.15, 0.2) is 18.7 Å². The van der Waals surface area contributed by atoms with Gasteiger partial charge in [0.1, 0.15) is 0 Å². The van der Waals surface area contributed by atoms with Crippen molar-refractivity contribution in [3.63, 3.8) is 0 Å². The van der Waals surface area contributed by atoms with Crippen molar-refractivity contribution < 1.29 is 4.74 Å². The number of rotatable bonds is 17. The molecule has 0 aliphatic heterocycles. The summed E-state index contributed by atoms with van der Waals surface area (Å²) in [6.07, 6.45) is 19.2. The molecule has 0 saturated heterocycles. The molecule has 0 N–H and O–H groups in total. The molecule has 24 heavy (non-hydrogen) atoms. The minimum atomic E-state index is 0.543. The second-order valence-corrected chi connectivity index (χ2v) is 8.06. The second-order valence-electron chi connectivity index (χ2n) is 6.66. The molecule has 0 spiro atoms. The van der Waals surface area contributed by atoms with Gasteiger partial charge in [0.15, 0.2) is 0 Å². The summed E-state index contributed by atoms with van der Waals surface area (Å²) in [5, 5.41) is 0.543. The van der Waals surface area contributed by atoms with Gasteiger partial charge in [0.2, 0.25) is 0 Å². The zero-order chi connectivity index (χ0) is 17.3. The highest BCUT2D eigenvalue weighted by atomic mass is 32.2. The summed E-state index contributed by atoms with van der Waals surface area (Å²) in [5.74, 6) is 1.25. The van der Waals surface area contributed by atoms with E-state index in [1.54, 1.807) is 0 Å². The predicted molar refractivity (Wildman–Crippen MR) is 107 cm³/mol. The SMILES string of the molecule is CCCCCCCCOCC(Cn1ccnc1)SCCCCCC. The average molecular weight is 355 g/mol. The van der Waals surface area contributed by atoms with Crippen molar-refractivity contribution in [2.24, 2.45) is 0 Å². The number of aromatic nitrogens is 2. The highest BCUT2D eigenvalue weighted by Gasteiger charge is 2.10. The van der Waals surface area contributed by atoms with Gasteiger partial charge in [-0.2, -0.15) is 11.8 Å². The lowest BCUT2D eigenvalue weighted by atomic mass is 10.1. The van der Waals surface area contributed by atoms with Crippen molar-refractivity contribution in [2.75, 3.05) is 19.0 Å². The highest BCUT2D eigenvalue weighted by Crippen LogP contribution is 2.17. The van der Waals surface area contributed by atoms with Crippen LogP contribution >= 0.6 is 11.8 Å². The van der Waals surface area contributed by atoms with Crippen LogP contribution in [-0.2, 0) is 11.3 Å². The van der Waals surface area contributed by atoms with Crippen molar-refractivity contribution in [1.82, 2.24) is 9.55 Å². The Balaban J connectivity index is 2.13. The molecule has 1 rings (SSSR count). The first-order chi connectivity index (χ1) is 11.9. The Hall–Kier alpha value is -0.480. The Morgan fingerprint density at radius 3 is 2.38 bits per heavy atom. The molecule has 1 atom stereocenters. The van der Waals surface area contributed by atoms with Crippen molar-refractivity contribution in [3.8, 4) is 0 Å². The van der Waals surface area contributed by atoms with Gasteiger partial charge < -0.3 is 9.30 Å². The summed E-state index contributed by atoms with van der Waals surface area (Å²) in [4.78, 5) is 4.15. The van der Waals surface area contributed by atoms with Gasteiger partial charge in [-0.05, 0) is 18.6 Å². The zero-order valence-electron chi connectivity index (χ0n) is 15.9. The van der Waals surface area contributed by atoms with Crippen LogP contribution < -0.4 is 0 Å². The van der Waals surface area contributed by atoms with Crippen LogP contribution in [0.2, 0.25) is 0 Å². The quantitative estimate of drug-likeness (QED) is 0.324. The first-order valence-electron chi connectivity index (χ1n) is 10.0. The largest absolute Gasteiger partial charge is 0.380 e. The fourth-order valence-corrected chi connectivity index (χ4v) is 3.94. The van der Waals surface area contributed by atoms with E-state index in [2.05, 4.69) is 41.4 Å². The van der Waals surface area contributed by atoms with E-state index in [1.165, 1.54) is 70.0 Å². The van der Waals surface area contributed by atoms with Gasteiger partial charge in [0.05, 0.1) is 12.9 Å². The van der Waals surface area contributed by atoms with E-state index in [0.717, 1.165) is 19.8 Å². The van der Waals surface area contributed by atoms with Crippen LogP contribution in [0.5, 0.6) is 0 Å². The third kappa shape index (κ3) is 12.0. The smallest absolute Gasteiger partial charge is 0.0946 e. The van der Waals surface area contributed by atoms with Crippen LogP contribution in [0, 0.1) is 0 Å². The third-order valence-electron chi connectivity index (χ3n) is 4.27. The summed E-state index contributed by atoms with van der Waals surface area (Å²) in [6, 6.07) is 0. The predicted octanol–water partition coefficient (Wildman–Crippen LogP) is 5.94. The molecule has 4 heteroatoms. The Morgan fingerprint density at radius 1 is 0.958 bits per heavy atom. The summed E-state index contributed by atoms with van der Waals surface area (Å²) in [5.41, 5.74) is 0. The molecule has 1 aromatic heterocycles. The fraction of sp³-hybridized carbons (Fsp3) is 0.850. The van der Waals surface area contributed by atoms with Gasteiger partial charge in [-0.25, -0.2) is 4.98 Å². The lowest BCUT2D eigenvalue weighted by Crippen LogP contribution is -2.19. The molecule has 1 aromatic rings. The first kappa shape index (κ1) is 21.6. The normalized spacial score (nSPS) is 12.6. The Morgan fingerprint density at radius 2 is 1.67 bits per heavy atom. The van der Waals surface area contributed by atoms with Crippen LogP contribution in [0.3, 0.4) is 0 Å². The summed E-state index contributed by atoms with van der Waals surface area (Å²) >= 11 is 2.07. The van der Waals surface area contributed by atoms with E-state index in [4.69, 9.17) is 4.74 Å². The minimum absolute atomic E-state index is 0.543. The fourth-order valence-electron chi connectivity index (χ4n) is 2.76. The number of thioether (sulfide) groups is 1. The minimum Gasteiger partial charge on any atom is -0.380 e. The zero-order valence-corrected chi connectivity index (χ0v) is 16.7. The van der Waals surface area contributed by atoms with E-state index in [-0.39, 0.29) is 0 Å². The third-order valence-corrected chi connectivity index (χ3v) is 5.55. The van der Waals surface area contributed by atoms with E-state index in [1.807, 2.05) is 12.5 Å². The maximum Gasteiger partial charge on any atom is 0.0946 e. The lowest BCUT2D eigenvalue weighted by molar-refractivity contribution is 0.128. The number of hydrogen-bond acceptors (Lipinski definition) is 3. The van der Waals surface area contributed by atoms with Gasteiger partial charge in [-0.1, -0.05) is 65.2 Å². The maximum atomic E-state index is 5.97. The lowest BCUT2D eigenvalue weighted by Gasteiger charge is -2.17. The molecule has 0 aliphatic rings. The van der Waals surface area contributed by atoms with Gasteiger partial charge in [-0.3, -0.25) is 0 Å². The second kappa shape index (κ2) is 16.0. The number of ether oxygens (including phenoxy) is 1. The number of hydrogen-bond donors (Lipinski definition) is 0. The number of nitrogens with zero attached hydrogens (tertiary/aromatic N) is 2. The van der Waals surface area contributed by atoms with Crippen molar-refractivity contribution in [1.29, 1.82) is 0 Å². The van der Waals surface area contributed by atoms with E-state index >= 15 is 0 Å². The van der Waals surface area contributed by atoms with Crippen LogP contribution in [0.4, 0.5) is 0 Å². The van der Waals surface area contributed by atoms with E-state index in [9.17, 15) is 0 Å². The molecule has 0 aliphatic carbocycles. The van der Waals surface area contributed by atoms with Crippen LogP contribution in [-0.4, -0.2) is 33.8 Å². The molecule has 140 valence electrons. The molecule has 0 saturated carbocycles. The molecular formula is C20H38N2OS. The maximum absolute atomic E-state index is 5.97. The summed E-state index contributed by atoms with van der Waals surface area (Å²) < 4.78 is 8.15. The Kier molecular flexibility index (Phi) is 14.4. The van der Waals surface area contributed by atoms with Crippen molar-refractivity contribution in [3.05, 3.63) is 18.7 Å². The molecule has 0 radical (unpaired) electrons. The average Bonchev–Trinajstić information content (AvgIpc) is 3.09. The molecule has 1 unspecified atom stereocenters. The van der Waals surface area contributed by atoms with Crippen LogP contribution in [0.1, 0.15) is 78.1 Å². The van der Waals surface area contributed by atoms with Gasteiger partial charge in [-0.15, -0.1) is 0 Å². The molecule has 0 amide bonds. The monoisotopic (exact) mass is 354 g/mol. The van der Waals surface area contributed by atoms with Crippen molar-refractivity contribution >= 4 is 11.8 Å². The Labute approximate surface area is 154 Å². The molecule has 0 fully saturated rings. The van der Waals surface area contributed by atoms with E-state index < -0.39 is 0 Å². The summed E-state index contributed by atoms with van der Waals surface area (Å²) in [6.45, 7) is 7.33.